The summed E-state index contributed by atoms with van der Waals surface area (Å²) < 4.78 is 0. The summed E-state index contributed by atoms with van der Waals surface area (Å²) in [6, 6.07) is 8.37. The van der Waals surface area contributed by atoms with Gasteiger partial charge in [-0.25, -0.2) is 0 Å². The van der Waals surface area contributed by atoms with Crippen LogP contribution in [0.3, 0.4) is 0 Å². The standard InChI is InChI=1S/C14H15N3O/c18-14-13-7-10-9-3-1-2-4-11(9)16-12(10)8-17(13)6-5-15-14/h1-4,13,16H,5-8H2,(H,15,18). The van der Waals surface area contributed by atoms with Gasteiger partial charge in [0.15, 0.2) is 0 Å². The molecule has 0 radical (unpaired) electrons. The lowest BCUT2D eigenvalue weighted by Crippen LogP contribution is -2.57. The third-order valence-electron chi connectivity index (χ3n) is 4.10. The second-order valence-corrected chi connectivity index (χ2v) is 5.11. The summed E-state index contributed by atoms with van der Waals surface area (Å²) in [5.41, 5.74) is 3.79. The zero-order chi connectivity index (χ0) is 12.1. The fraction of sp³-hybridized carbons (Fsp3) is 0.357. The summed E-state index contributed by atoms with van der Waals surface area (Å²) in [5.74, 6) is 0.178. The van der Waals surface area contributed by atoms with E-state index >= 15 is 0 Å². The summed E-state index contributed by atoms with van der Waals surface area (Å²) in [7, 11) is 0. The predicted octanol–water partition coefficient (Wildman–Crippen LogP) is 1.02. The number of carbonyl (C=O) groups is 1. The highest BCUT2D eigenvalue weighted by molar-refractivity contribution is 5.88. The number of para-hydroxylation sites is 1. The molecule has 4 heteroatoms. The molecule has 3 heterocycles. The molecule has 1 amide bonds. The monoisotopic (exact) mass is 241 g/mol. The van der Waals surface area contributed by atoms with Gasteiger partial charge in [0, 0.05) is 36.2 Å². The first-order valence-corrected chi connectivity index (χ1v) is 6.43. The number of carbonyl (C=O) groups excluding carboxylic acids is 1. The van der Waals surface area contributed by atoms with Crippen LogP contribution in [-0.2, 0) is 17.8 Å². The summed E-state index contributed by atoms with van der Waals surface area (Å²) in [6.45, 7) is 2.58. The van der Waals surface area contributed by atoms with Crippen LogP contribution in [0.25, 0.3) is 10.9 Å². The number of aromatic nitrogens is 1. The van der Waals surface area contributed by atoms with Gasteiger partial charge in [-0.1, -0.05) is 18.2 Å². The average Bonchev–Trinajstić information content (AvgIpc) is 2.75. The van der Waals surface area contributed by atoms with Crippen molar-refractivity contribution in [2.24, 2.45) is 0 Å². The van der Waals surface area contributed by atoms with E-state index in [4.69, 9.17) is 0 Å². The topological polar surface area (TPSA) is 48.1 Å². The van der Waals surface area contributed by atoms with Crippen LogP contribution in [0, 0.1) is 0 Å². The van der Waals surface area contributed by atoms with E-state index in [0.717, 1.165) is 26.1 Å². The van der Waals surface area contributed by atoms with Crippen LogP contribution in [0.2, 0.25) is 0 Å². The molecule has 0 saturated carbocycles. The van der Waals surface area contributed by atoms with Crippen molar-refractivity contribution in [3.8, 4) is 0 Å². The Balaban J connectivity index is 1.84. The van der Waals surface area contributed by atoms with E-state index in [0.29, 0.717) is 0 Å². The number of aromatic amines is 1. The number of fused-ring (bicyclic) bond motifs is 4. The summed E-state index contributed by atoms with van der Waals surface area (Å²) >= 11 is 0. The van der Waals surface area contributed by atoms with Crippen molar-refractivity contribution in [2.75, 3.05) is 13.1 Å². The quantitative estimate of drug-likeness (QED) is 0.723. The molecule has 1 unspecified atom stereocenters. The maximum atomic E-state index is 11.9. The van der Waals surface area contributed by atoms with E-state index < -0.39 is 0 Å². The SMILES string of the molecule is O=C1NCCN2Cc3[nH]c4ccccc4c3CC12. The van der Waals surface area contributed by atoms with Gasteiger partial charge in [-0.2, -0.15) is 0 Å². The van der Waals surface area contributed by atoms with Crippen LogP contribution < -0.4 is 5.32 Å². The molecule has 2 N–H and O–H groups in total. The van der Waals surface area contributed by atoms with Crippen molar-refractivity contribution < 1.29 is 4.79 Å². The molecule has 2 aliphatic heterocycles. The Morgan fingerprint density at radius 2 is 2.17 bits per heavy atom. The first kappa shape index (κ1) is 10.1. The fourth-order valence-corrected chi connectivity index (χ4v) is 3.19. The maximum absolute atomic E-state index is 11.9. The molecule has 4 rings (SSSR count). The first-order valence-electron chi connectivity index (χ1n) is 6.43. The Kier molecular flexibility index (Phi) is 2.02. The van der Waals surface area contributed by atoms with Gasteiger partial charge in [0.25, 0.3) is 0 Å². The highest BCUT2D eigenvalue weighted by atomic mass is 16.2. The Morgan fingerprint density at radius 1 is 1.28 bits per heavy atom. The number of nitrogens with one attached hydrogen (secondary N) is 2. The number of hydrogen-bond donors (Lipinski definition) is 2. The smallest absolute Gasteiger partial charge is 0.237 e. The Morgan fingerprint density at radius 3 is 3.11 bits per heavy atom. The number of H-pyrrole nitrogens is 1. The molecule has 92 valence electrons. The lowest BCUT2D eigenvalue weighted by atomic mass is 9.95. The molecular weight excluding hydrogens is 226 g/mol. The average molecular weight is 241 g/mol. The third-order valence-corrected chi connectivity index (χ3v) is 4.10. The van der Waals surface area contributed by atoms with Gasteiger partial charge in [0.2, 0.25) is 5.91 Å². The van der Waals surface area contributed by atoms with E-state index in [1.807, 2.05) is 6.07 Å². The molecule has 0 bridgehead atoms. The van der Waals surface area contributed by atoms with Crippen molar-refractivity contribution >= 4 is 16.8 Å². The molecule has 0 aliphatic carbocycles. The van der Waals surface area contributed by atoms with Crippen molar-refractivity contribution in [3.05, 3.63) is 35.5 Å². The minimum absolute atomic E-state index is 0.0189. The largest absolute Gasteiger partial charge is 0.357 e. The second kappa shape index (κ2) is 3.59. The van der Waals surface area contributed by atoms with E-state index in [1.165, 1.54) is 22.2 Å². The van der Waals surface area contributed by atoms with Gasteiger partial charge in [0.1, 0.15) is 0 Å². The third kappa shape index (κ3) is 1.32. The summed E-state index contributed by atoms with van der Waals surface area (Å²) in [5, 5.41) is 4.23. The number of hydrogen-bond acceptors (Lipinski definition) is 2. The van der Waals surface area contributed by atoms with E-state index in [1.54, 1.807) is 0 Å². The highest BCUT2D eigenvalue weighted by Gasteiger charge is 2.35. The molecule has 2 aromatic rings. The van der Waals surface area contributed by atoms with Crippen molar-refractivity contribution in [3.63, 3.8) is 0 Å². The van der Waals surface area contributed by atoms with E-state index in [-0.39, 0.29) is 11.9 Å². The molecule has 1 fully saturated rings. The van der Waals surface area contributed by atoms with Crippen molar-refractivity contribution in [1.29, 1.82) is 0 Å². The van der Waals surface area contributed by atoms with Crippen LogP contribution in [0.5, 0.6) is 0 Å². The lowest BCUT2D eigenvalue weighted by molar-refractivity contribution is -0.129. The van der Waals surface area contributed by atoms with Crippen LogP contribution >= 0.6 is 0 Å². The molecule has 1 saturated heterocycles. The maximum Gasteiger partial charge on any atom is 0.237 e. The zero-order valence-corrected chi connectivity index (χ0v) is 10.1. The Hall–Kier alpha value is -1.81. The number of piperazine rings is 1. The van der Waals surface area contributed by atoms with Gasteiger partial charge in [-0.05, 0) is 18.1 Å². The van der Waals surface area contributed by atoms with Gasteiger partial charge in [-0.3, -0.25) is 9.69 Å². The van der Waals surface area contributed by atoms with Gasteiger partial charge in [0.05, 0.1) is 6.04 Å². The lowest BCUT2D eigenvalue weighted by Gasteiger charge is -2.38. The first-order chi connectivity index (χ1) is 8.83. The minimum Gasteiger partial charge on any atom is -0.357 e. The molecule has 1 aromatic heterocycles. The number of benzene rings is 1. The highest BCUT2D eigenvalue weighted by Crippen LogP contribution is 2.30. The predicted molar refractivity (Wildman–Crippen MR) is 69.2 cm³/mol. The normalized spacial score (nSPS) is 23.6. The van der Waals surface area contributed by atoms with Gasteiger partial charge >= 0.3 is 0 Å². The summed E-state index contributed by atoms with van der Waals surface area (Å²) in [6.07, 6.45) is 0.825. The molecule has 4 nitrogen and oxygen atoms in total. The van der Waals surface area contributed by atoms with Crippen LogP contribution in [0.4, 0.5) is 0 Å². The minimum atomic E-state index is 0.0189. The molecule has 0 spiro atoms. The number of rotatable bonds is 0. The number of nitrogens with zero attached hydrogens (tertiary/aromatic N) is 1. The van der Waals surface area contributed by atoms with Crippen LogP contribution in [-0.4, -0.2) is 34.9 Å². The molecular formula is C14H15N3O. The Labute approximate surface area is 105 Å². The second-order valence-electron chi connectivity index (χ2n) is 5.11. The molecule has 1 aromatic carbocycles. The summed E-state index contributed by atoms with van der Waals surface area (Å²) in [4.78, 5) is 17.7. The van der Waals surface area contributed by atoms with Crippen molar-refractivity contribution in [1.82, 2.24) is 15.2 Å². The molecule has 18 heavy (non-hydrogen) atoms. The molecule has 1 atom stereocenters. The van der Waals surface area contributed by atoms with Crippen molar-refractivity contribution in [2.45, 2.75) is 19.0 Å². The molecule has 2 aliphatic rings. The zero-order valence-electron chi connectivity index (χ0n) is 10.1. The van der Waals surface area contributed by atoms with Crippen LogP contribution in [0.1, 0.15) is 11.3 Å². The van der Waals surface area contributed by atoms with Gasteiger partial charge in [-0.15, -0.1) is 0 Å². The number of amides is 1. The van der Waals surface area contributed by atoms with Gasteiger partial charge < -0.3 is 10.3 Å². The van der Waals surface area contributed by atoms with E-state index in [2.05, 4.69) is 33.4 Å². The fourth-order valence-electron chi connectivity index (χ4n) is 3.19. The Bertz CT molecular complexity index is 631. The van der Waals surface area contributed by atoms with Crippen LogP contribution in [0.15, 0.2) is 24.3 Å². The van der Waals surface area contributed by atoms with E-state index in [9.17, 15) is 4.79 Å².